The van der Waals surface area contributed by atoms with Crippen LogP contribution < -0.4 is 0 Å². The fourth-order valence-corrected chi connectivity index (χ4v) is 0. The summed E-state index contributed by atoms with van der Waals surface area (Å²) in [5, 5.41) is 0. The van der Waals surface area contributed by atoms with Gasteiger partial charge in [-0.05, 0) is 0 Å². The molecule has 0 heterocycles. The highest BCUT2D eigenvalue weighted by atomic mass is 127. The molecule has 0 aliphatic rings. The standard InChI is InChI=1S/CBrF2I/c2-1(3,4)5. The number of alkyl halides is 4. The summed E-state index contributed by atoms with van der Waals surface area (Å²) in [6.07, 6.45) is 0. The number of hydrogen-bond donors (Lipinski definition) is 0. The van der Waals surface area contributed by atoms with Crippen LogP contribution in [-0.2, 0) is 0 Å². The van der Waals surface area contributed by atoms with Crippen LogP contribution in [0.4, 0.5) is 8.78 Å². The first-order valence-electron chi connectivity index (χ1n) is 0.756. The van der Waals surface area contributed by atoms with E-state index in [9.17, 15) is 8.78 Å². The topological polar surface area (TPSA) is 0 Å². The van der Waals surface area contributed by atoms with Gasteiger partial charge >= 0.3 is 2.84 Å². The van der Waals surface area contributed by atoms with Gasteiger partial charge in [-0.1, -0.05) is 0 Å². The lowest BCUT2D eigenvalue weighted by atomic mass is 11.7. The molecule has 0 unspecified atom stereocenters. The summed E-state index contributed by atoms with van der Waals surface area (Å²) in [5.74, 6) is 0. The predicted molar refractivity (Wildman–Crippen MR) is 27.9 cm³/mol. The quantitative estimate of drug-likeness (QED) is 0.461. The van der Waals surface area contributed by atoms with Gasteiger partial charge in [-0.15, -0.1) is 0 Å². The second kappa shape index (κ2) is 1.68. The highest BCUT2D eigenvalue weighted by Gasteiger charge is 2.15. The van der Waals surface area contributed by atoms with Crippen LogP contribution in [0.2, 0.25) is 0 Å². The van der Waals surface area contributed by atoms with Gasteiger partial charge in [0.05, 0.1) is 0 Å². The zero-order valence-electron chi connectivity index (χ0n) is 2.01. The molecule has 0 aromatic carbocycles. The van der Waals surface area contributed by atoms with E-state index in [2.05, 4.69) is 0 Å². The van der Waals surface area contributed by atoms with Crippen molar-refractivity contribution in [3.05, 3.63) is 0 Å². The van der Waals surface area contributed by atoms with Crippen molar-refractivity contribution in [3.8, 4) is 0 Å². The Hall–Kier alpha value is 1.07. The molecule has 0 aliphatic heterocycles. The largest absolute Gasteiger partial charge is 0.350 e. The van der Waals surface area contributed by atoms with Crippen molar-refractivity contribution < 1.29 is 8.78 Å². The molecular formula is CBrF2I. The van der Waals surface area contributed by atoms with Crippen LogP contribution in [0.5, 0.6) is 0 Å². The van der Waals surface area contributed by atoms with E-state index in [4.69, 9.17) is 0 Å². The first-order chi connectivity index (χ1) is 2.00. The third kappa shape index (κ3) is 41.7. The predicted octanol–water partition coefficient (Wildman–Crippen LogP) is 2.37. The molecular weight excluding hydrogens is 257 g/mol. The minimum absolute atomic E-state index is 0.961. The Morgan fingerprint density at radius 3 is 1.60 bits per heavy atom. The average molecular weight is 257 g/mol. The maximum atomic E-state index is 10.9. The van der Waals surface area contributed by atoms with E-state index in [1.807, 2.05) is 15.9 Å². The van der Waals surface area contributed by atoms with Crippen LogP contribution in [0.25, 0.3) is 0 Å². The van der Waals surface area contributed by atoms with Crippen LogP contribution in [0, 0.1) is 0 Å². The van der Waals surface area contributed by atoms with Gasteiger partial charge in [0, 0.05) is 38.5 Å². The normalized spacial score (nSPS) is 12.0. The second-order valence-electron chi connectivity index (χ2n) is 0.429. The highest BCUT2D eigenvalue weighted by Crippen LogP contribution is 2.28. The second-order valence-corrected chi connectivity index (χ2v) is 4.26. The lowest BCUT2D eigenvalue weighted by molar-refractivity contribution is 0.241. The third-order valence-electron chi connectivity index (χ3n) is 0. The molecule has 0 rings (SSSR count). The number of rotatable bonds is 0. The van der Waals surface area contributed by atoms with E-state index in [1.165, 1.54) is 0 Å². The molecule has 0 aliphatic carbocycles. The molecule has 0 fully saturated rings. The van der Waals surface area contributed by atoms with Gasteiger partial charge in [-0.2, -0.15) is 8.78 Å². The first-order valence-corrected chi connectivity index (χ1v) is 2.63. The molecule has 0 spiro atoms. The summed E-state index contributed by atoms with van der Waals surface area (Å²) in [6.45, 7) is 0. The van der Waals surface area contributed by atoms with Crippen LogP contribution in [0.3, 0.4) is 0 Å². The summed E-state index contributed by atoms with van der Waals surface area (Å²) < 4.78 is 19.1. The summed E-state index contributed by atoms with van der Waals surface area (Å²) in [4.78, 5) is 0. The molecule has 0 aromatic rings. The van der Waals surface area contributed by atoms with Crippen molar-refractivity contribution in [2.45, 2.75) is 2.84 Å². The Balaban J connectivity index is 3.02. The molecule has 0 atom stereocenters. The molecule has 0 saturated heterocycles. The van der Waals surface area contributed by atoms with Gasteiger partial charge in [0.1, 0.15) is 0 Å². The van der Waals surface area contributed by atoms with E-state index >= 15 is 0 Å². The summed E-state index contributed by atoms with van der Waals surface area (Å²) in [7, 11) is 0. The molecule has 5 heavy (non-hydrogen) atoms. The first kappa shape index (κ1) is 6.07. The van der Waals surface area contributed by atoms with Crippen molar-refractivity contribution in [3.63, 3.8) is 0 Å². The van der Waals surface area contributed by atoms with E-state index in [-0.39, 0.29) is 0 Å². The molecule has 0 saturated carbocycles. The van der Waals surface area contributed by atoms with Crippen molar-refractivity contribution in [2.75, 3.05) is 0 Å². The van der Waals surface area contributed by atoms with Gasteiger partial charge in [-0.25, -0.2) is 0 Å². The third-order valence-corrected chi connectivity index (χ3v) is 0. The SMILES string of the molecule is FC(F)(Br)I. The molecule has 4 heteroatoms. The minimum Gasteiger partial charge on any atom is -0.183 e. The maximum Gasteiger partial charge on any atom is 0.350 e. The summed E-state index contributed by atoms with van der Waals surface area (Å²) in [5.41, 5.74) is 0. The fourth-order valence-electron chi connectivity index (χ4n) is 0. The molecule has 0 amide bonds. The van der Waals surface area contributed by atoms with Crippen molar-refractivity contribution in [2.24, 2.45) is 0 Å². The average Bonchev–Trinajstić information content (AvgIpc) is 0.722. The van der Waals surface area contributed by atoms with Gasteiger partial charge in [0.2, 0.25) is 0 Å². The number of hydrogen-bond acceptors (Lipinski definition) is 0. The van der Waals surface area contributed by atoms with E-state index in [0.717, 1.165) is 22.6 Å². The molecule has 0 bridgehead atoms. The smallest absolute Gasteiger partial charge is 0.183 e. The Morgan fingerprint density at radius 1 is 1.60 bits per heavy atom. The number of halogens is 4. The fraction of sp³-hybridized carbons (Fsp3) is 1.00. The summed E-state index contributed by atoms with van der Waals surface area (Å²) in [6, 6.07) is 0. The van der Waals surface area contributed by atoms with Crippen LogP contribution in [0.1, 0.15) is 0 Å². The van der Waals surface area contributed by atoms with Crippen molar-refractivity contribution in [1.82, 2.24) is 0 Å². The van der Waals surface area contributed by atoms with Crippen LogP contribution in [0.15, 0.2) is 0 Å². The molecule has 0 aromatic heterocycles. The van der Waals surface area contributed by atoms with Crippen molar-refractivity contribution in [1.29, 1.82) is 0 Å². The Labute approximate surface area is 50.2 Å². The van der Waals surface area contributed by atoms with Gasteiger partial charge < -0.3 is 0 Å². The monoisotopic (exact) mass is 256 g/mol. The maximum absolute atomic E-state index is 10.9. The van der Waals surface area contributed by atoms with Gasteiger partial charge in [0.25, 0.3) is 0 Å². The zero-order valence-corrected chi connectivity index (χ0v) is 5.76. The molecule has 0 radical (unpaired) electrons. The molecule has 32 valence electrons. The lowest BCUT2D eigenvalue weighted by Crippen LogP contribution is -1.83. The Morgan fingerprint density at radius 2 is 1.60 bits per heavy atom. The van der Waals surface area contributed by atoms with Crippen molar-refractivity contribution >= 4 is 38.5 Å². The highest BCUT2D eigenvalue weighted by molar-refractivity contribution is 14.1. The molecule has 0 N–H and O–H groups in total. The Bertz CT molecular complexity index is 25.1. The van der Waals surface area contributed by atoms with Gasteiger partial charge in [0.15, 0.2) is 0 Å². The zero-order chi connectivity index (χ0) is 4.50. The van der Waals surface area contributed by atoms with Crippen LogP contribution in [-0.4, -0.2) is 2.84 Å². The van der Waals surface area contributed by atoms with Gasteiger partial charge in [-0.3, -0.25) is 0 Å². The van der Waals surface area contributed by atoms with E-state index < -0.39 is 2.84 Å². The Kier molecular flexibility index (Phi) is 2.04. The molecule has 0 nitrogen and oxygen atoms in total. The lowest BCUT2D eigenvalue weighted by Gasteiger charge is -1.88. The van der Waals surface area contributed by atoms with E-state index in [1.54, 1.807) is 0 Å². The van der Waals surface area contributed by atoms with Crippen LogP contribution >= 0.6 is 38.5 Å². The summed E-state index contributed by atoms with van der Waals surface area (Å²) >= 11 is 2.99. The van der Waals surface area contributed by atoms with E-state index in [0.29, 0.717) is 0 Å². The minimum atomic E-state index is -2.72.